The Morgan fingerprint density at radius 1 is 1.06 bits per heavy atom. The summed E-state index contributed by atoms with van der Waals surface area (Å²) in [5.41, 5.74) is 3.26. The lowest BCUT2D eigenvalue weighted by atomic mass is 9.89. The number of carbonyl (C=O) groups excluding carboxylic acids is 2. The normalized spacial score (nSPS) is 19.6. The lowest BCUT2D eigenvalue weighted by Crippen LogP contribution is -2.34. The van der Waals surface area contributed by atoms with Crippen molar-refractivity contribution in [3.63, 3.8) is 0 Å². The number of nitriles is 1. The van der Waals surface area contributed by atoms with Gasteiger partial charge in [-0.05, 0) is 55.4 Å². The van der Waals surface area contributed by atoms with Crippen LogP contribution in [0.4, 0.5) is 16.7 Å². The van der Waals surface area contributed by atoms with Crippen molar-refractivity contribution in [2.45, 2.75) is 37.6 Å². The van der Waals surface area contributed by atoms with E-state index in [4.69, 9.17) is 15.2 Å². The van der Waals surface area contributed by atoms with E-state index in [1.54, 1.807) is 16.8 Å². The van der Waals surface area contributed by atoms with E-state index < -0.39 is 11.9 Å². The molecule has 11 heteroatoms. The summed E-state index contributed by atoms with van der Waals surface area (Å²) in [5.74, 6) is 1.17. The fourth-order valence-corrected chi connectivity index (χ4v) is 4.51. The number of rotatable bonds is 5. The summed E-state index contributed by atoms with van der Waals surface area (Å²) in [5, 5.41) is 21.6. The predicted molar refractivity (Wildman–Crippen MR) is 127 cm³/mol. The molecule has 3 amide bonds. The first-order chi connectivity index (χ1) is 17.1. The maximum Gasteiger partial charge on any atom is 0.326 e. The molecule has 1 aliphatic carbocycles. The zero-order chi connectivity index (χ0) is 23.9. The standard InChI is InChI=1S/C24H23N9O2/c25-12-14-1-3-15(4-2-14)16-7-9-32(10-8-16)22-29-20-17(11-19-21(34)30-24(35)28-19)13-26-33(20)23(31-22)27-18-5-6-18/h1-4,11,13,16,18H,5-10H2,(H,27,29,31)(H2,28,30,34,35)/b19-11-. The molecule has 176 valence electrons. The number of amides is 3. The maximum absolute atomic E-state index is 12.0. The molecule has 0 spiro atoms. The van der Waals surface area contributed by atoms with E-state index >= 15 is 0 Å². The average Bonchev–Trinajstić information content (AvgIpc) is 3.52. The van der Waals surface area contributed by atoms with Crippen molar-refractivity contribution in [1.82, 2.24) is 30.2 Å². The Hall–Kier alpha value is -4.46. The Bertz CT molecular complexity index is 1390. The molecule has 1 aromatic carbocycles. The van der Waals surface area contributed by atoms with Crippen molar-refractivity contribution in [3.05, 3.63) is 52.8 Å². The van der Waals surface area contributed by atoms with Crippen LogP contribution in [0.5, 0.6) is 0 Å². The molecule has 35 heavy (non-hydrogen) atoms. The Kier molecular flexibility index (Phi) is 5.06. The first kappa shape index (κ1) is 21.1. The summed E-state index contributed by atoms with van der Waals surface area (Å²) < 4.78 is 1.65. The van der Waals surface area contributed by atoms with E-state index in [1.807, 2.05) is 24.3 Å². The SMILES string of the molecule is N#Cc1ccc(C2CCN(c3nc(NC4CC4)n4ncc(/C=C5\NC(=O)NC5=O)c4n3)CC2)cc1. The monoisotopic (exact) mass is 469 g/mol. The molecule has 0 atom stereocenters. The topological polar surface area (TPSA) is 140 Å². The summed E-state index contributed by atoms with van der Waals surface area (Å²) >= 11 is 0. The fraction of sp³-hybridized carbons (Fsp3) is 0.333. The number of benzene rings is 1. The number of imide groups is 1. The van der Waals surface area contributed by atoms with Gasteiger partial charge in [-0.25, -0.2) is 4.79 Å². The van der Waals surface area contributed by atoms with E-state index in [1.165, 1.54) is 5.56 Å². The number of anilines is 2. The van der Waals surface area contributed by atoms with Crippen LogP contribution in [0.1, 0.15) is 48.3 Å². The van der Waals surface area contributed by atoms with E-state index in [0.29, 0.717) is 40.6 Å². The highest BCUT2D eigenvalue weighted by atomic mass is 16.2. The molecule has 3 aromatic rings. The Labute approximate surface area is 200 Å². The molecule has 3 N–H and O–H groups in total. The highest BCUT2D eigenvalue weighted by molar-refractivity contribution is 6.14. The van der Waals surface area contributed by atoms with Gasteiger partial charge in [-0.1, -0.05) is 12.1 Å². The zero-order valence-electron chi connectivity index (χ0n) is 18.9. The number of hydrogen-bond acceptors (Lipinski definition) is 8. The van der Waals surface area contributed by atoms with Gasteiger partial charge in [0.15, 0.2) is 5.65 Å². The summed E-state index contributed by atoms with van der Waals surface area (Å²) in [6.07, 6.45) is 7.27. The number of piperidine rings is 1. The number of hydrogen-bond donors (Lipinski definition) is 3. The highest BCUT2D eigenvalue weighted by Gasteiger charge is 2.28. The number of nitrogens with zero attached hydrogens (tertiary/aromatic N) is 6. The number of carbonyl (C=O) groups is 2. The van der Waals surface area contributed by atoms with Gasteiger partial charge in [0, 0.05) is 24.7 Å². The molecule has 0 unspecified atom stereocenters. The van der Waals surface area contributed by atoms with E-state index in [0.717, 1.165) is 38.8 Å². The number of nitrogens with one attached hydrogen (secondary N) is 3. The lowest BCUT2D eigenvalue weighted by molar-refractivity contribution is -0.115. The second-order valence-corrected chi connectivity index (χ2v) is 9.06. The highest BCUT2D eigenvalue weighted by Crippen LogP contribution is 2.31. The van der Waals surface area contributed by atoms with Crippen molar-refractivity contribution < 1.29 is 9.59 Å². The van der Waals surface area contributed by atoms with Gasteiger partial charge in [0.25, 0.3) is 5.91 Å². The summed E-state index contributed by atoms with van der Waals surface area (Å²) in [6.45, 7) is 1.60. The predicted octanol–water partition coefficient (Wildman–Crippen LogP) is 2.13. The summed E-state index contributed by atoms with van der Waals surface area (Å²) in [6, 6.07) is 9.82. The van der Waals surface area contributed by atoms with Crippen molar-refractivity contribution in [1.29, 1.82) is 5.26 Å². The molecule has 4 heterocycles. The van der Waals surface area contributed by atoms with Crippen molar-refractivity contribution in [2.75, 3.05) is 23.3 Å². The van der Waals surface area contributed by atoms with Gasteiger partial charge in [-0.3, -0.25) is 10.1 Å². The molecule has 0 bridgehead atoms. The van der Waals surface area contributed by atoms with Gasteiger partial charge < -0.3 is 15.5 Å². The molecule has 6 rings (SSSR count). The quantitative estimate of drug-likeness (QED) is 0.381. The number of aromatic nitrogens is 4. The zero-order valence-corrected chi connectivity index (χ0v) is 18.9. The lowest BCUT2D eigenvalue weighted by Gasteiger charge is -2.32. The molecule has 2 aliphatic heterocycles. The van der Waals surface area contributed by atoms with Crippen molar-refractivity contribution in [2.24, 2.45) is 0 Å². The molecule has 0 radical (unpaired) electrons. The third kappa shape index (κ3) is 4.14. The first-order valence-corrected chi connectivity index (χ1v) is 11.7. The molecular weight excluding hydrogens is 446 g/mol. The van der Waals surface area contributed by atoms with Gasteiger partial charge in [-0.15, -0.1) is 0 Å². The van der Waals surface area contributed by atoms with Crippen LogP contribution < -0.4 is 20.9 Å². The Balaban J connectivity index is 1.28. The van der Waals surface area contributed by atoms with Gasteiger partial charge in [0.05, 0.1) is 17.8 Å². The minimum absolute atomic E-state index is 0.157. The van der Waals surface area contributed by atoms with Crippen molar-refractivity contribution in [3.8, 4) is 6.07 Å². The van der Waals surface area contributed by atoms with Crippen LogP contribution in [0.25, 0.3) is 11.7 Å². The third-order valence-electron chi connectivity index (χ3n) is 6.60. The van der Waals surface area contributed by atoms with Crippen LogP contribution in [0, 0.1) is 11.3 Å². The van der Waals surface area contributed by atoms with Gasteiger partial charge in [0.1, 0.15) is 5.70 Å². The molecule has 1 saturated carbocycles. The average molecular weight is 470 g/mol. The molecular formula is C24H23N9O2. The molecule has 2 aromatic heterocycles. The van der Waals surface area contributed by atoms with E-state index in [9.17, 15) is 9.59 Å². The van der Waals surface area contributed by atoms with Crippen LogP contribution in [0.2, 0.25) is 0 Å². The van der Waals surface area contributed by atoms with Crippen LogP contribution >= 0.6 is 0 Å². The Morgan fingerprint density at radius 2 is 1.83 bits per heavy atom. The maximum atomic E-state index is 12.0. The van der Waals surface area contributed by atoms with Crippen LogP contribution in [-0.4, -0.2) is 50.7 Å². The number of urea groups is 1. The van der Waals surface area contributed by atoms with Crippen LogP contribution in [0.15, 0.2) is 36.2 Å². The van der Waals surface area contributed by atoms with Crippen LogP contribution in [0.3, 0.4) is 0 Å². The third-order valence-corrected chi connectivity index (χ3v) is 6.60. The Morgan fingerprint density at radius 3 is 2.49 bits per heavy atom. The second-order valence-electron chi connectivity index (χ2n) is 9.06. The minimum Gasteiger partial charge on any atom is -0.351 e. The van der Waals surface area contributed by atoms with Gasteiger partial charge >= 0.3 is 6.03 Å². The molecule has 2 saturated heterocycles. The van der Waals surface area contributed by atoms with Gasteiger partial charge in [0.2, 0.25) is 11.9 Å². The largest absolute Gasteiger partial charge is 0.351 e. The summed E-state index contributed by atoms with van der Waals surface area (Å²) in [4.78, 5) is 35.3. The van der Waals surface area contributed by atoms with E-state index in [2.05, 4.69) is 32.0 Å². The smallest absolute Gasteiger partial charge is 0.326 e. The molecule has 3 aliphatic rings. The van der Waals surface area contributed by atoms with Gasteiger partial charge in [-0.2, -0.15) is 24.8 Å². The first-order valence-electron chi connectivity index (χ1n) is 11.7. The molecule has 11 nitrogen and oxygen atoms in total. The van der Waals surface area contributed by atoms with Crippen LogP contribution in [-0.2, 0) is 4.79 Å². The second kappa shape index (κ2) is 8.39. The number of fused-ring (bicyclic) bond motifs is 1. The van der Waals surface area contributed by atoms with E-state index in [-0.39, 0.29) is 5.70 Å². The molecule has 3 fully saturated rings. The fourth-order valence-electron chi connectivity index (χ4n) is 4.51. The minimum atomic E-state index is -0.547. The van der Waals surface area contributed by atoms with Crippen molar-refractivity contribution >= 4 is 35.6 Å². The summed E-state index contributed by atoms with van der Waals surface area (Å²) in [7, 11) is 0.